The molecule has 3 heterocycles. The number of anilines is 1. The van der Waals surface area contributed by atoms with Crippen LogP contribution in [0.5, 0.6) is 5.88 Å². The molecule has 0 unspecified atom stereocenters. The highest BCUT2D eigenvalue weighted by Gasteiger charge is 2.20. The summed E-state index contributed by atoms with van der Waals surface area (Å²) in [4.78, 5) is 18.1. The maximum atomic E-state index is 5.32. The Bertz CT molecular complexity index is 713. The van der Waals surface area contributed by atoms with E-state index < -0.39 is 0 Å². The molecule has 1 fully saturated rings. The topological polar surface area (TPSA) is 65.9 Å². The van der Waals surface area contributed by atoms with Crippen LogP contribution in [0.15, 0.2) is 47.7 Å². The maximum Gasteiger partial charge on any atom is 0.218 e. The molecule has 0 aliphatic carbocycles. The van der Waals surface area contributed by atoms with Gasteiger partial charge in [-0.1, -0.05) is 12.1 Å². The third-order valence-corrected chi connectivity index (χ3v) is 4.33. The first-order valence-corrected chi connectivity index (χ1v) is 8.99. The number of nitrogens with one attached hydrogen (secondary N) is 1. The summed E-state index contributed by atoms with van der Waals surface area (Å²) in [6, 6.07) is 9.94. The van der Waals surface area contributed by atoms with E-state index in [1.54, 1.807) is 13.3 Å². The lowest BCUT2D eigenvalue weighted by molar-refractivity contribution is 0.370. The Labute approximate surface area is 154 Å². The molecular weight excluding hydrogens is 328 g/mol. The van der Waals surface area contributed by atoms with Crippen molar-refractivity contribution >= 4 is 11.8 Å². The van der Waals surface area contributed by atoms with Gasteiger partial charge < -0.3 is 19.9 Å². The molecule has 1 N–H and O–H groups in total. The van der Waals surface area contributed by atoms with Gasteiger partial charge in [-0.05, 0) is 25.1 Å². The molecule has 0 atom stereocenters. The summed E-state index contributed by atoms with van der Waals surface area (Å²) in [6.07, 6.45) is 3.57. The number of hydrogen-bond acceptors (Lipinski definition) is 5. The Kier molecular flexibility index (Phi) is 6.24. The van der Waals surface area contributed by atoms with Crippen molar-refractivity contribution in [2.24, 2.45) is 4.99 Å². The van der Waals surface area contributed by atoms with E-state index in [2.05, 4.69) is 38.1 Å². The first-order chi connectivity index (χ1) is 12.8. The molecule has 3 rings (SSSR count). The number of aliphatic imine (C=N–C) groups is 1. The summed E-state index contributed by atoms with van der Waals surface area (Å²) >= 11 is 0. The van der Waals surface area contributed by atoms with E-state index in [1.807, 2.05) is 30.5 Å². The van der Waals surface area contributed by atoms with Crippen molar-refractivity contribution in [3.05, 3.63) is 48.3 Å². The van der Waals surface area contributed by atoms with E-state index in [9.17, 15) is 0 Å². The van der Waals surface area contributed by atoms with Gasteiger partial charge in [-0.25, -0.2) is 15.0 Å². The highest BCUT2D eigenvalue weighted by molar-refractivity contribution is 5.80. The summed E-state index contributed by atoms with van der Waals surface area (Å²) in [6.45, 7) is 7.14. The highest BCUT2D eigenvalue weighted by Crippen LogP contribution is 2.16. The van der Waals surface area contributed by atoms with Gasteiger partial charge in [0.25, 0.3) is 0 Å². The summed E-state index contributed by atoms with van der Waals surface area (Å²) in [5.74, 6) is 2.60. The van der Waals surface area contributed by atoms with Crippen LogP contribution in [0.25, 0.3) is 0 Å². The minimum Gasteiger partial charge on any atom is -0.481 e. The number of hydrogen-bond donors (Lipinski definition) is 1. The third kappa shape index (κ3) is 4.41. The molecule has 1 saturated heterocycles. The van der Waals surface area contributed by atoms with Crippen molar-refractivity contribution < 1.29 is 4.74 Å². The number of rotatable bonds is 5. The molecule has 0 saturated carbocycles. The lowest BCUT2D eigenvalue weighted by Gasteiger charge is -2.37. The Morgan fingerprint density at radius 1 is 1.12 bits per heavy atom. The Hall–Kier alpha value is -2.83. The largest absolute Gasteiger partial charge is 0.481 e. The van der Waals surface area contributed by atoms with Gasteiger partial charge >= 0.3 is 0 Å². The van der Waals surface area contributed by atoms with Gasteiger partial charge in [0, 0.05) is 50.7 Å². The fourth-order valence-electron chi connectivity index (χ4n) is 3.00. The Morgan fingerprint density at radius 3 is 2.62 bits per heavy atom. The first-order valence-electron chi connectivity index (χ1n) is 8.99. The number of pyridine rings is 2. The van der Waals surface area contributed by atoms with Crippen molar-refractivity contribution in [2.45, 2.75) is 13.5 Å². The van der Waals surface area contributed by atoms with E-state index in [0.717, 1.165) is 50.1 Å². The van der Waals surface area contributed by atoms with Crippen LogP contribution in [0.4, 0.5) is 5.82 Å². The molecule has 2 aromatic heterocycles. The van der Waals surface area contributed by atoms with E-state index in [4.69, 9.17) is 9.73 Å². The average molecular weight is 354 g/mol. The minimum absolute atomic E-state index is 0.541. The zero-order valence-electron chi connectivity index (χ0n) is 15.4. The number of guanidine groups is 1. The van der Waals surface area contributed by atoms with Gasteiger partial charge in [0.15, 0.2) is 5.96 Å². The molecule has 1 aliphatic rings. The van der Waals surface area contributed by atoms with Gasteiger partial charge in [0.05, 0.1) is 13.7 Å². The fraction of sp³-hybridized carbons (Fsp3) is 0.421. The zero-order chi connectivity index (χ0) is 18.2. The molecule has 0 bridgehead atoms. The zero-order valence-corrected chi connectivity index (χ0v) is 15.4. The molecule has 7 nitrogen and oxygen atoms in total. The van der Waals surface area contributed by atoms with Gasteiger partial charge in [-0.3, -0.25) is 0 Å². The number of aromatic nitrogens is 2. The highest BCUT2D eigenvalue weighted by atomic mass is 16.5. The third-order valence-electron chi connectivity index (χ3n) is 4.33. The predicted octanol–water partition coefficient (Wildman–Crippen LogP) is 1.77. The van der Waals surface area contributed by atoms with Crippen molar-refractivity contribution in [1.82, 2.24) is 20.2 Å². The van der Waals surface area contributed by atoms with Crippen LogP contribution in [0, 0.1) is 0 Å². The number of ether oxygens (including phenoxy) is 1. The molecule has 0 aromatic carbocycles. The smallest absolute Gasteiger partial charge is 0.218 e. The minimum atomic E-state index is 0.541. The summed E-state index contributed by atoms with van der Waals surface area (Å²) in [5, 5.41) is 3.40. The lowest BCUT2D eigenvalue weighted by Crippen LogP contribution is -2.52. The second-order valence-electron chi connectivity index (χ2n) is 6.00. The number of methoxy groups -OCH3 is 1. The molecular formula is C19H26N6O. The van der Waals surface area contributed by atoms with Crippen LogP contribution in [-0.2, 0) is 6.54 Å². The summed E-state index contributed by atoms with van der Waals surface area (Å²) < 4.78 is 5.32. The van der Waals surface area contributed by atoms with Crippen LogP contribution in [0.1, 0.15) is 12.5 Å². The average Bonchev–Trinajstić information content (AvgIpc) is 2.72. The fourth-order valence-corrected chi connectivity index (χ4v) is 3.00. The van der Waals surface area contributed by atoms with Crippen LogP contribution >= 0.6 is 0 Å². The molecule has 7 heteroatoms. The molecule has 0 radical (unpaired) electrons. The van der Waals surface area contributed by atoms with E-state index in [-0.39, 0.29) is 0 Å². The van der Waals surface area contributed by atoms with Gasteiger partial charge in [-0.15, -0.1) is 0 Å². The second-order valence-corrected chi connectivity index (χ2v) is 6.00. The van der Waals surface area contributed by atoms with Crippen molar-refractivity contribution in [3.8, 4) is 5.88 Å². The normalized spacial score (nSPS) is 15.1. The summed E-state index contributed by atoms with van der Waals surface area (Å²) in [5.41, 5.74) is 0.984. The van der Waals surface area contributed by atoms with E-state index in [0.29, 0.717) is 12.4 Å². The number of nitrogens with zero attached hydrogens (tertiary/aromatic N) is 5. The van der Waals surface area contributed by atoms with Gasteiger partial charge in [-0.2, -0.15) is 0 Å². The quantitative estimate of drug-likeness (QED) is 0.652. The molecule has 0 amide bonds. The molecule has 0 spiro atoms. The standard InChI is InChI=1S/C19H26N6O/c1-3-20-19(23-15-16-7-6-10-22-18(16)26-2)25-13-11-24(12-14-25)17-8-4-5-9-21-17/h4-10H,3,11-15H2,1-2H3,(H,20,23). The first kappa shape index (κ1) is 18.0. The number of piperazine rings is 1. The second kappa shape index (κ2) is 9.03. The maximum absolute atomic E-state index is 5.32. The van der Waals surface area contributed by atoms with Gasteiger partial charge in [0.2, 0.25) is 5.88 Å². The molecule has 1 aliphatic heterocycles. The van der Waals surface area contributed by atoms with Gasteiger partial charge in [0.1, 0.15) is 5.82 Å². The monoisotopic (exact) mass is 354 g/mol. The molecule has 26 heavy (non-hydrogen) atoms. The Balaban J connectivity index is 1.65. The summed E-state index contributed by atoms with van der Waals surface area (Å²) in [7, 11) is 1.64. The van der Waals surface area contributed by atoms with E-state index in [1.165, 1.54) is 0 Å². The Morgan fingerprint density at radius 2 is 1.92 bits per heavy atom. The van der Waals surface area contributed by atoms with Crippen LogP contribution in [0.3, 0.4) is 0 Å². The van der Waals surface area contributed by atoms with Crippen LogP contribution < -0.4 is 15.0 Å². The van der Waals surface area contributed by atoms with Crippen LogP contribution in [0.2, 0.25) is 0 Å². The lowest BCUT2D eigenvalue weighted by atomic mass is 10.2. The molecule has 138 valence electrons. The van der Waals surface area contributed by atoms with Crippen molar-refractivity contribution in [3.63, 3.8) is 0 Å². The van der Waals surface area contributed by atoms with Crippen molar-refractivity contribution in [1.29, 1.82) is 0 Å². The van der Waals surface area contributed by atoms with Crippen molar-refractivity contribution in [2.75, 3.05) is 44.7 Å². The molecule has 2 aromatic rings. The predicted molar refractivity (Wildman–Crippen MR) is 104 cm³/mol. The van der Waals surface area contributed by atoms with E-state index >= 15 is 0 Å². The van der Waals surface area contributed by atoms with Crippen LogP contribution in [-0.4, -0.2) is 60.7 Å². The SMILES string of the molecule is CCNC(=NCc1cccnc1OC)N1CCN(c2ccccn2)CC1.